The molecule has 14 heavy (non-hydrogen) atoms. The summed E-state index contributed by atoms with van der Waals surface area (Å²) < 4.78 is 1.03. The van der Waals surface area contributed by atoms with E-state index in [-0.39, 0.29) is 0 Å². The number of rotatable bonds is 6. The van der Waals surface area contributed by atoms with Gasteiger partial charge in [-0.15, -0.1) is 0 Å². The molecule has 0 aliphatic heterocycles. The zero-order valence-corrected chi connectivity index (χ0v) is 10.4. The number of nitrogens with zero attached hydrogens (tertiary/aromatic N) is 1. The SMILES string of the molecule is CCCCC(CCC)c1c[c]([Al])n[nH]1. The van der Waals surface area contributed by atoms with E-state index in [1.165, 1.54) is 37.8 Å². The Morgan fingerprint density at radius 2 is 2.14 bits per heavy atom. The Morgan fingerprint density at radius 3 is 2.64 bits per heavy atom. The Hall–Kier alpha value is -0.258. The molecular formula is C11H19AlN2. The van der Waals surface area contributed by atoms with Crippen LogP contribution in [0.2, 0.25) is 0 Å². The third kappa shape index (κ3) is 3.48. The first-order valence-corrected chi connectivity index (χ1v) is 6.16. The van der Waals surface area contributed by atoms with Crippen LogP contribution >= 0.6 is 0 Å². The van der Waals surface area contributed by atoms with Crippen LogP contribution in [0, 0.1) is 0 Å². The Labute approximate surface area is 94.9 Å². The summed E-state index contributed by atoms with van der Waals surface area (Å²) in [6.07, 6.45) is 6.40. The normalized spacial score (nSPS) is 13.0. The lowest BCUT2D eigenvalue weighted by Crippen LogP contribution is -2.01. The minimum Gasteiger partial charge on any atom is -0.284 e. The highest BCUT2D eigenvalue weighted by Gasteiger charge is 2.11. The maximum atomic E-state index is 4.17. The van der Waals surface area contributed by atoms with Crippen molar-refractivity contribution in [1.29, 1.82) is 0 Å². The van der Waals surface area contributed by atoms with E-state index in [9.17, 15) is 0 Å². The largest absolute Gasteiger partial charge is 0.284 e. The van der Waals surface area contributed by atoms with E-state index in [4.69, 9.17) is 0 Å². The van der Waals surface area contributed by atoms with Gasteiger partial charge in [0.05, 0.1) is 0 Å². The lowest BCUT2D eigenvalue weighted by Gasteiger charge is -2.13. The lowest BCUT2D eigenvalue weighted by molar-refractivity contribution is 0.529. The first-order chi connectivity index (χ1) is 6.77. The van der Waals surface area contributed by atoms with Crippen molar-refractivity contribution < 1.29 is 0 Å². The number of H-pyrrole nitrogens is 1. The molecule has 1 N–H and O–H groups in total. The number of hydrogen-bond acceptors (Lipinski definition) is 1. The highest BCUT2D eigenvalue weighted by atomic mass is 27.0. The summed E-state index contributed by atoms with van der Waals surface area (Å²) in [6.45, 7) is 4.49. The predicted molar refractivity (Wildman–Crippen MR) is 61.1 cm³/mol. The quantitative estimate of drug-likeness (QED) is 0.711. The van der Waals surface area contributed by atoms with Crippen molar-refractivity contribution in [2.75, 3.05) is 0 Å². The number of unbranched alkanes of at least 4 members (excludes halogenated alkanes) is 1. The van der Waals surface area contributed by atoms with Gasteiger partial charge in [-0.05, 0) is 23.5 Å². The number of hydrogen-bond donors (Lipinski definition) is 1. The molecule has 0 fully saturated rings. The van der Waals surface area contributed by atoms with Gasteiger partial charge >= 0.3 is 0 Å². The van der Waals surface area contributed by atoms with Crippen LogP contribution in [0.25, 0.3) is 0 Å². The van der Waals surface area contributed by atoms with Gasteiger partial charge in [0.15, 0.2) is 0 Å². The Kier molecular flexibility index (Phi) is 5.29. The average Bonchev–Trinajstić information content (AvgIpc) is 2.59. The monoisotopic (exact) mass is 206 g/mol. The molecular weight excluding hydrogens is 187 g/mol. The van der Waals surface area contributed by atoms with Crippen LogP contribution in [0.15, 0.2) is 6.07 Å². The molecule has 0 spiro atoms. The van der Waals surface area contributed by atoms with Crippen molar-refractivity contribution in [3.8, 4) is 0 Å². The molecule has 1 rings (SSSR count). The Bertz CT molecular complexity index is 258. The molecule has 1 atom stereocenters. The van der Waals surface area contributed by atoms with Gasteiger partial charge in [-0.2, -0.15) is 0 Å². The summed E-state index contributed by atoms with van der Waals surface area (Å²) in [7, 11) is 0. The van der Waals surface area contributed by atoms with E-state index in [1.54, 1.807) is 0 Å². The molecule has 0 aliphatic rings. The molecule has 2 nitrogen and oxygen atoms in total. The fourth-order valence-electron chi connectivity index (χ4n) is 1.82. The third-order valence-corrected chi connectivity index (χ3v) is 2.90. The van der Waals surface area contributed by atoms with Gasteiger partial charge in [0.25, 0.3) is 0 Å². The van der Waals surface area contributed by atoms with E-state index in [1.807, 2.05) is 0 Å². The highest BCUT2D eigenvalue weighted by Crippen LogP contribution is 2.24. The second-order valence-electron chi connectivity index (χ2n) is 3.88. The summed E-state index contributed by atoms with van der Waals surface area (Å²) in [5.41, 5.74) is 1.31. The van der Waals surface area contributed by atoms with Gasteiger partial charge in [0.2, 0.25) is 16.3 Å². The van der Waals surface area contributed by atoms with Crippen molar-refractivity contribution in [3.63, 3.8) is 0 Å². The molecule has 0 amide bonds. The molecule has 1 aromatic heterocycles. The molecule has 0 aliphatic carbocycles. The van der Waals surface area contributed by atoms with Crippen LogP contribution in [0.3, 0.4) is 0 Å². The second-order valence-corrected chi connectivity index (χ2v) is 4.47. The predicted octanol–water partition coefficient (Wildman–Crippen LogP) is 2.28. The molecule has 0 aromatic carbocycles. The molecule has 76 valence electrons. The zero-order valence-electron chi connectivity index (χ0n) is 9.21. The smallest absolute Gasteiger partial charge is 0.212 e. The van der Waals surface area contributed by atoms with Gasteiger partial charge in [0, 0.05) is 11.6 Å². The maximum absolute atomic E-state index is 4.17. The minimum atomic E-state index is 0.682. The summed E-state index contributed by atoms with van der Waals surface area (Å²) in [6, 6.07) is 2.15. The first kappa shape index (κ1) is 11.8. The number of aromatic amines is 1. The van der Waals surface area contributed by atoms with Gasteiger partial charge in [-0.1, -0.05) is 33.1 Å². The molecule has 1 heterocycles. The zero-order chi connectivity index (χ0) is 10.4. The van der Waals surface area contributed by atoms with E-state index < -0.39 is 0 Å². The van der Waals surface area contributed by atoms with Crippen LogP contribution in [0.1, 0.15) is 57.6 Å². The van der Waals surface area contributed by atoms with Gasteiger partial charge < -0.3 is 0 Å². The van der Waals surface area contributed by atoms with Crippen molar-refractivity contribution in [1.82, 2.24) is 10.2 Å². The fraction of sp³-hybridized carbons (Fsp3) is 0.727. The van der Waals surface area contributed by atoms with E-state index in [0.29, 0.717) is 5.92 Å². The summed E-state index contributed by atoms with van der Waals surface area (Å²) in [4.78, 5) is 0. The second kappa shape index (κ2) is 6.27. The van der Waals surface area contributed by atoms with Crippen LogP contribution < -0.4 is 4.56 Å². The molecule has 0 saturated heterocycles. The van der Waals surface area contributed by atoms with Gasteiger partial charge in [-0.25, -0.2) is 5.10 Å². The Balaban J connectivity index is 2.57. The summed E-state index contributed by atoms with van der Waals surface area (Å²) in [5.74, 6) is 0.682. The molecule has 2 radical (unpaired) electrons. The van der Waals surface area contributed by atoms with Gasteiger partial charge in [-0.3, -0.25) is 5.10 Å². The van der Waals surface area contributed by atoms with Gasteiger partial charge in [0.1, 0.15) is 0 Å². The lowest BCUT2D eigenvalue weighted by atomic mass is 9.94. The average molecular weight is 206 g/mol. The standard InChI is InChI=1S/C11H19N2.Al/c1-3-5-7-10(6-4-2)11-8-9-12-13-11;/h8,10H,3-7H2,1-2H3,(H,12,13);. The number of nitrogens with one attached hydrogen (secondary N) is 1. The maximum Gasteiger partial charge on any atom is 0.212 e. The number of aromatic nitrogens is 2. The fourth-order valence-corrected chi connectivity index (χ4v) is 2.06. The Morgan fingerprint density at radius 1 is 1.36 bits per heavy atom. The van der Waals surface area contributed by atoms with Crippen LogP contribution in [-0.4, -0.2) is 26.5 Å². The van der Waals surface area contributed by atoms with Crippen molar-refractivity contribution in [2.45, 2.75) is 51.9 Å². The van der Waals surface area contributed by atoms with Crippen molar-refractivity contribution >= 4 is 20.8 Å². The minimum absolute atomic E-state index is 0.682. The summed E-state index contributed by atoms with van der Waals surface area (Å²) >= 11 is 2.64. The molecule has 0 saturated carbocycles. The third-order valence-electron chi connectivity index (χ3n) is 2.60. The van der Waals surface area contributed by atoms with Crippen LogP contribution in [0.4, 0.5) is 0 Å². The topological polar surface area (TPSA) is 28.7 Å². The van der Waals surface area contributed by atoms with Crippen LogP contribution in [-0.2, 0) is 0 Å². The summed E-state index contributed by atoms with van der Waals surface area (Å²) in [5, 5.41) is 7.29. The van der Waals surface area contributed by atoms with Crippen molar-refractivity contribution in [2.24, 2.45) is 0 Å². The van der Waals surface area contributed by atoms with E-state index in [0.717, 1.165) is 4.56 Å². The molecule has 1 unspecified atom stereocenters. The van der Waals surface area contributed by atoms with Crippen molar-refractivity contribution in [3.05, 3.63) is 11.8 Å². The molecule has 0 bridgehead atoms. The van der Waals surface area contributed by atoms with E-state index >= 15 is 0 Å². The molecule has 1 aromatic rings. The molecule has 3 heteroatoms. The van der Waals surface area contributed by atoms with Crippen LogP contribution in [0.5, 0.6) is 0 Å². The van der Waals surface area contributed by atoms with E-state index in [2.05, 4.69) is 46.4 Å². The first-order valence-electron chi connectivity index (χ1n) is 5.58. The highest BCUT2D eigenvalue weighted by molar-refractivity contribution is 6.30.